The largest absolute Gasteiger partial charge is 0.494 e. The number of benzene rings is 2. The van der Waals surface area contributed by atoms with Gasteiger partial charge in [0.25, 0.3) is 0 Å². The van der Waals surface area contributed by atoms with Gasteiger partial charge in [0.1, 0.15) is 11.5 Å². The summed E-state index contributed by atoms with van der Waals surface area (Å²) in [5.41, 5.74) is 2.43. The molecule has 0 unspecified atom stereocenters. The molecule has 2 aromatic rings. The van der Waals surface area contributed by atoms with Crippen LogP contribution in [-0.2, 0) is 6.42 Å². The number of carbonyl (C=O) groups is 1. The fraction of sp³-hybridized carbons (Fsp3) is 0.316. The molecule has 2 aromatic carbocycles. The number of hydrogen-bond donors (Lipinski definition) is 2. The van der Waals surface area contributed by atoms with E-state index in [4.69, 9.17) is 9.47 Å². The lowest BCUT2D eigenvalue weighted by molar-refractivity contribution is 0.224. The van der Waals surface area contributed by atoms with Crippen molar-refractivity contribution in [2.75, 3.05) is 19.9 Å². The third-order valence-electron chi connectivity index (χ3n) is 3.39. The molecule has 24 heavy (non-hydrogen) atoms. The van der Waals surface area contributed by atoms with Gasteiger partial charge in [0.2, 0.25) is 0 Å². The van der Waals surface area contributed by atoms with Crippen LogP contribution < -0.4 is 20.1 Å². The third-order valence-corrected chi connectivity index (χ3v) is 3.39. The van der Waals surface area contributed by atoms with Gasteiger partial charge in [-0.25, -0.2) is 4.79 Å². The average Bonchev–Trinajstić information content (AvgIpc) is 2.57. The molecular formula is C19H24N2O3. The monoisotopic (exact) mass is 328 g/mol. The number of ether oxygens (including phenoxy) is 2. The highest BCUT2D eigenvalue weighted by Gasteiger charge is 2.01. The number of urea groups is 1. The Bertz CT molecular complexity index is 641. The van der Waals surface area contributed by atoms with Crippen molar-refractivity contribution in [2.24, 2.45) is 0 Å². The summed E-state index contributed by atoms with van der Waals surface area (Å²) in [7, 11) is 0. The van der Waals surface area contributed by atoms with Crippen LogP contribution in [0.3, 0.4) is 0 Å². The van der Waals surface area contributed by atoms with Crippen LogP contribution in [0.1, 0.15) is 18.1 Å². The van der Waals surface area contributed by atoms with Crippen molar-refractivity contribution in [3.63, 3.8) is 0 Å². The first-order valence-electron chi connectivity index (χ1n) is 8.10. The second-order valence-electron chi connectivity index (χ2n) is 5.36. The molecule has 5 nitrogen and oxygen atoms in total. The van der Waals surface area contributed by atoms with E-state index in [1.165, 1.54) is 11.1 Å². The maximum atomic E-state index is 11.7. The predicted molar refractivity (Wildman–Crippen MR) is 94.5 cm³/mol. The minimum absolute atomic E-state index is 0.115. The molecule has 0 heterocycles. The molecule has 0 aromatic heterocycles. The number of amides is 2. The van der Waals surface area contributed by atoms with Crippen LogP contribution in [0.15, 0.2) is 48.5 Å². The van der Waals surface area contributed by atoms with E-state index in [0.29, 0.717) is 18.9 Å². The van der Waals surface area contributed by atoms with Gasteiger partial charge in [0, 0.05) is 6.54 Å². The van der Waals surface area contributed by atoms with Crippen LogP contribution in [0.5, 0.6) is 11.5 Å². The Morgan fingerprint density at radius 1 is 1.00 bits per heavy atom. The molecule has 0 aliphatic rings. The minimum Gasteiger partial charge on any atom is -0.494 e. The lowest BCUT2D eigenvalue weighted by Crippen LogP contribution is -2.38. The third kappa shape index (κ3) is 6.20. The van der Waals surface area contributed by atoms with Gasteiger partial charge in [-0.1, -0.05) is 29.8 Å². The van der Waals surface area contributed by atoms with Gasteiger partial charge in [0.15, 0.2) is 6.73 Å². The summed E-state index contributed by atoms with van der Waals surface area (Å²) in [6.07, 6.45) is 0.800. The molecule has 0 aliphatic heterocycles. The molecular weight excluding hydrogens is 304 g/mol. The van der Waals surface area contributed by atoms with Gasteiger partial charge in [-0.15, -0.1) is 0 Å². The quantitative estimate of drug-likeness (QED) is 0.731. The van der Waals surface area contributed by atoms with Crippen molar-refractivity contribution in [3.05, 3.63) is 59.7 Å². The van der Waals surface area contributed by atoms with E-state index in [1.807, 2.05) is 37.3 Å². The van der Waals surface area contributed by atoms with Gasteiger partial charge < -0.3 is 20.1 Å². The van der Waals surface area contributed by atoms with Crippen LogP contribution in [0, 0.1) is 6.92 Å². The summed E-state index contributed by atoms with van der Waals surface area (Å²) in [6.45, 7) is 5.32. The van der Waals surface area contributed by atoms with E-state index in [0.717, 1.165) is 12.2 Å². The number of nitrogens with one attached hydrogen (secondary N) is 2. The molecule has 2 amide bonds. The van der Waals surface area contributed by atoms with Gasteiger partial charge in [0.05, 0.1) is 6.61 Å². The number of rotatable bonds is 8. The Hall–Kier alpha value is -2.69. The van der Waals surface area contributed by atoms with Crippen molar-refractivity contribution in [2.45, 2.75) is 20.3 Å². The van der Waals surface area contributed by atoms with Crippen molar-refractivity contribution in [1.29, 1.82) is 0 Å². The molecule has 0 saturated heterocycles. The van der Waals surface area contributed by atoms with Crippen molar-refractivity contribution in [1.82, 2.24) is 10.6 Å². The lowest BCUT2D eigenvalue weighted by Gasteiger charge is -2.10. The van der Waals surface area contributed by atoms with E-state index in [-0.39, 0.29) is 12.8 Å². The van der Waals surface area contributed by atoms with Crippen molar-refractivity contribution >= 4 is 6.03 Å². The normalized spacial score (nSPS) is 10.1. The van der Waals surface area contributed by atoms with Crippen LogP contribution in [-0.4, -0.2) is 25.9 Å². The van der Waals surface area contributed by atoms with E-state index in [1.54, 1.807) is 0 Å². The molecule has 2 rings (SSSR count). The standard InChI is InChI=1S/C19H24N2O3/c1-3-23-17-7-9-18(10-8-17)24-14-21-19(22)20-12-11-16-6-4-5-15(2)13-16/h4-10,13H,3,11-12,14H2,1-2H3,(H2,20,21,22). The number of carbonyl (C=O) groups excluding carboxylic acids is 1. The summed E-state index contributed by atoms with van der Waals surface area (Å²) in [5.74, 6) is 1.48. The maximum absolute atomic E-state index is 11.7. The van der Waals surface area contributed by atoms with Crippen molar-refractivity contribution in [3.8, 4) is 11.5 Å². The highest BCUT2D eigenvalue weighted by atomic mass is 16.5. The van der Waals surface area contributed by atoms with E-state index in [2.05, 4.69) is 35.8 Å². The van der Waals surface area contributed by atoms with Gasteiger partial charge in [-0.3, -0.25) is 0 Å². The van der Waals surface area contributed by atoms with Gasteiger partial charge >= 0.3 is 6.03 Å². The molecule has 0 bridgehead atoms. The average molecular weight is 328 g/mol. The second kappa shape index (κ2) is 9.45. The SMILES string of the molecule is CCOc1ccc(OCNC(=O)NCCc2cccc(C)c2)cc1. The molecule has 5 heteroatoms. The Labute approximate surface area is 143 Å². The zero-order valence-corrected chi connectivity index (χ0v) is 14.2. The van der Waals surface area contributed by atoms with Gasteiger partial charge in [-0.2, -0.15) is 0 Å². The Balaban J connectivity index is 1.62. The molecule has 0 aliphatic carbocycles. The van der Waals surface area contributed by atoms with Gasteiger partial charge in [-0.05, 0) is 50.1 Å². The molecule has 2 N–H and O–H groups in total. The second-order valence-corrected chi connectivity index (χ2v) is 5.36. The highest BCUT2D eigenvalue weighted by molar-refractivity contribution is 5.73. The minimum atomic E-state index is -0.242. The van der Waals surface area contributed by atoms with Crippen LogP contribution in [0.2, 0.25) is 0 Å². The fourth-order valence-corrected chi connectivity index (χ4v) is 2.23. The lowest BCUT2D eigenvalue weighted by atomic mass is 10.1. The smallest absolute Gasteiger partial charge is 0.317 e. The predicted octanol–water partition coefficient (Wildman–Crippen LogP) is 3.27. The first-order valence-corrected chi connectivity index (χ1v) is 8.10. The molecule has 0 saturated carbocycles. The van der Waals surface area contributed by atoms with E-state index < -0.39 is 0 Å². The number of hydrogen-bond acceptors (Lipinski definition) is 3. The van der Waals surface area contributed by atoms with Crippen LogP contribution in [0.25, 0.3) is 0 Å². The maximum Gasteiger partial charge on any atom is 0.317 e. The summed E-state index contributed by atoms with van der Waals surface area (Å²) in [5, 5.41) is 5.48. The first kappa shape index (κ1) is 17.7. The molecule has 0 radical (unpaired) electrons. The van der Waals surface area contributed by atoms with E-state index in [9.17, 15) is 4.79 Å². The van der Waals surface area contributed by atoms with Crippen LogP contribution >= 0.6 is 0 Å². The topological polar surface area (TPSA) is 59.6 Å². The Kier molecular flexibility index (Phi) is 6.95. The fourth-order valence-electron chi connectivity index (χ4n) is 2.23. The molecule has 0 atom stereocenters. The Morgan fingerprint density at radius 3 is 2.38 bits per heavy atom. The highest BCUT2D eigenvalue weighted by Crippen LogP contribution is 2.17. The Morgan fingerprint density at radius 2 is 1.71 bits per heavy atom. The summed E-state index contributed by atoms with van der Waals surface area (Å²) in [6, 6.07) is 15.3. The number of aryl methyl sites for hydroxylation is 1. The summed E-state index contributed by atoms with van der Waals surface area (Å²) in [4.78, 5) is 11.7. The first-order chi connectivity index (χ1) is 11.7. The summed E-state index contributed by atoms with van der Waals surface area (Å²) < 4.78 is 10.8. The molecule has 128 valence electrons. The summed E-state index contributed by atoms with van der Waals surface area (Å²) >= 11 is 0. The van der Waals surface area contributed by atoms with E-state index >= 15 is 0 Å². The van der Waals surface area contributed by atoms with Crippen LogP contribution in [0.4, 0.5) is 4.79 Å². The zero-order valence-electron chi connectivity index (χ0n) is 14.2. The van der Waals surface area contributed by atoms with Crippen molar-refractivity contribution < 1.29 is 14.3 Å². The zero-order chi connectivity index (χ0) is 17.2. The molecule has 0 fully saturated rings. The molecule has 0 spiro atoms.